The fourth-order valence-corrected chi connectivity index (χ4v) is 19.5. The van der Waals surface area contributed by atoms with Gasteiger partial charge in [-0.1, -0.05) is 243 Å². The standard InChI is InChI=1S/C102H56N6O4S2/c1-4-22-57(23-5-1)97-103-98(58-24-6-2-7-25-58)106-101(105-97)77-38-18-34-71-68-48-45-61(55-86(68)112-93(71)77)64-51-79(74-37-20-36-73-69-30-13-16-41-88(69)114-96(73)74)91-82-50-62(46-49-84(82)109-87(91)56-64)65-28-10-11-31-75(65)100-104-99(59-26-8-3-9-27-59)107-102(108-100)78-39-19-35-72-67-47-44-60(54-85(67)111-94(72)78)63-52-80-66-29-12-15-40-83(66)110-95(80)81(53-63)70-33-21-43-90-92(70)76-32-14-17-42-89(76)113-90/h1-56H. The molecule has 0 saturated carbocycles. The first kappa shape index (κ1) is 64.0. The topological polar surface area (TPSA) is 130 Å². The second-order valence-corrected chi connectivity index (χ2v) is 31.1. The Labute approximate surface area is 657 Å². The van der Waals surface area contributed by atoms with Crippen molar-refractivity contribution in [1.82, 2.24) is 29.9 Å². The molecule has 8 aromatic heterocycles. The van der Waals surface area contributed by atoms with Crippen LogP contribution in [0.2, 0.25) is 0 Å². The van der Waals surface area contributed by atoms with Crippen LogP contribution in [0.4, 0.5) is 0 Å². The van der Waals surface area contributed by atoms with E-state index in [9.17, 15) is 0 Å². The number of fused-ring (bicyclic) bond motifs is 18. The van der Waals surface area contributed by atoms with E-state index in [1.54, 1.807) is 0 Å². The summed E-state index contributed by atoms with van der Waals surface area (Å²) in [5.41, 5.74) is 21.4. The van der Waals surface area contributed by atoms with Crippen LogP contribution in [0.3, 0.4) is 0 Å². The summed E-state index contributed by atoms with van der Waals surface area (Å²) in [4.78, 5) is 31.4. The number of nitrogens with zero attached hydrogens (tertiary/aromatic N) is 6. The van der Waals surface area contributed by atoms with Crippen LogP contribution >= 0.6 is 22.7 Å². The van der Waals surface area contributed by atoms with E-state index in [0.717, 1.165) is 166 Å². The molecule has 12 heteroatoms. The fourth-order valence-electron chi connectivity index (χ4n) is 17.1. The third kappa shape index (κ3) is 10.2. The van der Waals surface area contributed by atoms with Gasteiger partial charge in [0.15, 0.2) is 34.9 Å². The van der Waals surface area contributed by atoms with Gasteiger partial charge in [0.2, 0.25) is 0 Å². The number of para-hydroxylation sites is 3. The minimum absolute atomic E-state index is 0.488. The van der Waals surface area contributed by atoms with Crippen molar-refractivity contribution in [1.29, 1.82) is 0 Å². The minimum atomic E-state index is 0.488. The molecule has 0 N–H and O–H groups in total. The molecule has 24 aromatic rings. The molecular formula is C102H56N6O4S2. The molecule has 24 rings (SSSR count). The van der Waals surface area contributed by atoms with E-state index < -0.39 is 0 Å². The Kier molecular flexibility index (Phi) is 14.3. The fraction of sp³-hybridized carbons (Fsp3) is 0. The van der Waals surface area contributed by atoms with Crippen LogP contribution in [-0.2, 0) is 0 Å². The van der Waals surface area contributed by atoms with Gasteiger partial charge in [0, 0.05) is 117 Å². The Morgan fingerprint density at radius 1 is 0.175 bits per heavy atom. The molecule has 0 bridgehead atoms. The van der Waals surface area contributed by atoms with Crippen LogP contribution in [-0.4, -0.2) is 29.9 Å². The zero-order valence-electron chi connectivity index (χ0n) is 60.5. The number of hydrogen-bond acceptors (Lipinski definition) is 12. The average Bonchev–Trinajstić information content (AvgIpc) is 1.56. The lowest BCUT2D eigenvalue weighted by Crippen LogP contribution is -2.01. The molecule has 0 spiro atoms. The van der Waals surface area contributed by atoms with Gasteiger partial charge in [-0.2, -0.15) is 0 Å². The molecule has 0 amide bonds. The molecule has 0 atom stereocenters. The molecule has 0 aliphatic rings. The van der Waals surface area contributed by atoms with Gasteiger partial charge in [0.05, 0.1) is 11.1 Å². The molecule has 0 unspecified atom stereocenters. The van der Waals surface area contributed by atoms with Gasteiger partial charge in [0.1, 0.15) is 44.7 Å². The Hall–Kier alpha value is -14.8. The monoisotopic (exact) mass is 1490 g/mol. The van der Waals surface area contributed by atoms with E-state index in [4.69, 9.17) is 47.6 Å². The van der Waals surface area contributed by atoms with Crippen LogP contribution in [0.25, 0.3) is 252 Å². The quantitative estimate of drug-likeness (QED) is 0.123. The Morgan fingerprint density at radius 3 is 1.25 bits per heavy atom. The summed E-state index contributed by atoms with van der Waals surface area (Å²) < 4.78 is 33.1. The number of rotatable bonds is 11. The average molecular weight is 1490 g/mol. The van der Waals surface area contributed by atoms with Gasteiger partial charge in [-0.15, -0.1) is 22.7 Å². The van der Waals surface area contributed by atoms with E-state index >= 15 is 0 Å². The first-order valence-electron chi connectivity index (χ1n) is 37.9. The first-order chi connectivity index (χ1) is 56.4. The third-order valence-electron chi connectivity index (χ3n) is 22.4. The lowest BCUT2D eigenvalue weighted by Gasteiger charge is -2.13. The number of hydrogen-bond donors (Lipinski definition) is 0. The first-order valence-corrected chi connectivity index (χ1v) is 39.6. The van der Waals surface area contributed by atoms with Gasteiger partial charge < -0.3 is 17.7 Å². The van der Waals surface area contributed by atoms with Crippen molar-refractivity contribution >= 4 is 151 Å². The molecule has 8 heterocycles. The second-order valence-electron chi connectivity index (χ2n) is 29.0. The van der Waals surface area contributed by atoms with Crippen LogP contribution < -0.4 is 0 Å². The zero-order chi connectivity index (χ0) is 74.6. The summed E-state index contributed by atoms with van der Waals surface area (Å²) in [6.07, 6.45) is 0. The van der Waals surface area contributed by atoms with Gasteiger partial charge in [-0.3, -0.25) is 0 Å². The largest absolute Gasteiger partial charge is 0.456 e. The summed E-state index contributed by atoms with van der Waals surface area (Å²) >= 11 is 3.64. The summed E-state index contributed by atoms with van der Waals surface area (Å²) in [7, 11) is 0. The van der Waals surface area contributed by atoms with Crippen LogP contribution in [0.15, 0.2) is 357 Å². The van der Waals surface area contributed by atoms with Crippen LogP contribution in [0.5, 0.6) is 0 Å². The van der Waals surface area contributed by atoms with E-state index in [-0.39, 0.29) is 0 Å². The maximum Gasteiger partial charge on any atom is 0.167 e. The number of thiophene rings is 2. The summed E-state index contributed by atoms with van der Waals surface area (Å²) in [6, 6.07) is 119. The second kappa shape index (κ2) is 25.4. The summed E-state index contributed by atoms with van der Waals surface area (Å²) in [6.45, 7) is 0. The predicted molar refractivity (Wildman–Crippen MR) is 468 cm³/mol. The van der Waals surface area contributed by atoms with Gasteiger partial charge >= 0.3 is 0 Å². The minimum Gasteiger partial charge on any atom is -0.456 e. The lowest BCUT2D eigenvalue weighted by atomic mass is 9.92. The van der Waals surface area contributed by atoms with Gasteiger partial charge in [-0.25, -0.2) is 29.9 Å². The maximum absolute atomic E-state index is 7.16. The molecule has 16 aromatic carbocycles. The van der Waals surface area contributed by atoms with Crippen molar-refractivity contribution in [3.8, 4) is 124 Å². The molecule has 0 saturated heterocycles. The van der Waals surface area contributed by atoms with Crippen molar-refractivity contribution in [3.05, 3.63) is 340 Å². The maximum atomic E-state index is 7.16. The summed E-state index contributed by atoms with van der Waals surface area (Å²) in [5, 5.41) is 12.9. The molecule has 0 aliphatic heterocycles. The SMILES string of the molecule is c1ccc(-c2nc(-c3ccccc3)nc(-c3cccc4c3oc3cc(-c5cc(-c6cccc7c6sc6ccccc67)c6c(c5)oc5ccc(-c7ccccc7-c7nc(-c8ccccc8)nc(-c8cccc9c8oc8cc(-c%10cc(-c%11cccc%12sc%13ccccc%13c%11%12)c%11oc%12ccccc%12c%11c%10)ccc89)n7)cc56)ccc34)n2)cc1. The van der Waals surface area contributed by atoms with Gasteiger partial charge in [0.25, 0.3) is 0 Å². The highest BCUT2D eigenvalue weighted by Crippen LogP contribution is 2.51. The molecular weight excluding hydrogens is 1440 g/mol. The number of aromatic nitrogens is 6. The molecule has 0 fully saturated rings. The van der Waals surface area contributed by atoms with Gasteiger partial charge in [-0.05, 0) is 142 Å². The lowest BCUT2D eigenvalue weighted by molar-refractivity contribution is 0.668. The molecule has 10 nitrogen and oxygen atoms in total. The van der Waals surface area contributed by atoms with Crippen molar-refractivity contribution in [2.75, 3.05) is 0 Å². The third-order valence-corrected chi connectivity index (χ3v) is 24.8. The van der Waals surface area contributed by atoms with E-state index in [2.05, 4.69) is 237 Å². The molecule has 0 radical (unpaired) electrons. The molecule has 0 aliphatic carbocycles. The van der Waals surface area contributed by atoms with Crippen molar-refractivity contribution in [3.63, 3.8) is 0 Å². The summed E-state index contributed by atoms with van der Waals surface area (Å²) in [5.74, 6) is 3.24. The Balaban J connectivity index is 0.635. The highest BCUT2D eigenvalue weighted by molar-refractivity contribution is 7.26. The van der Waals surface area contributed by atoms with Crippen LogP contribution in [0.1, 0.15) is 0 Å². The number of furan rings is 4. The van der Waals surface area contributed by atoms with E-state index in [1.807, 2.05) is 126 Å². The Bertz CT molecular complexity index is 8080. The highest BCUT2D eigenvalue weighted by Gasteiger charge is 2.27. The van der Waals surface area contributed by atoms with Crippen molar-refractivity contribution in [2.45, 2.75) is 0 Å². The molecule has 114 heavy (non-hydrogen) atoms. The molecule has 530 valence electrons. The van der Waals surface area contributed by atoms with E-state index in [1.165, 1.54) is 40.3 Å². The predicted octanol–water partition coefficient (Wildman–Crippen LogP) is 28.7. The van der Waals surface area contributed by atoms with E-state index in [0.29, 0.717) is 46.1 Å². The van der Waals surface area contributed by atoms with Crippen molar-refractivity contribution in [2.24, 2.45) is 0 Å². The normalized spacial score (nSPS) is 12.0. The zero-order valence-corrected chi connectivity index (χ0v) is 62.1. The van der Waals surface area contributed by atoms with Crippen molar-refractivity contribution < 1.29 is 17.7 Å². The smallest absolute Gasteiger partial charge is 0.167 e. The highest BCUT2D eigenvalue weighted by atomic mass is 32.1. The Morgan fingerprint density at radius 2 is 0.596 bits per heavy atom. The van der Waals surface area contributed by atoms with Crippen LogP contribution in [0, 0.1) is 0 Å². The number of benzene rings is 16.